The highest BCUT2D eigenvalue weighted by atomic mass is 35.5. The predicted molar refractivity (Wildman–Crippen MR) is 72.8 cm³/mol. The van der Waals surface area contributed by atoms with Crippen molar-refractivity contribution in [3.8, 4) is 28.2 Å². The number of halogens is 1. The van der Waals surface area contributed by atoms with Crippen molar-refractivity contribution >= 4 is 22.9 Å². The van der Waals surface area contributed by atoms with Gasteiger partial charge in [0.1, 0.15) is 10.9 Å². The van der Waals surface area contributed by atoms with E-state index in [1.807, 2.05) is 12.1 Å². The third-order valence-corrected chi connectivity index (χ3v) is 3.65. The Hall–Kier alpha value is -2.16. The Labute approximate surface area is 117 Å². The van der Waals surface area contributed by atoms with E-state index in [4.69, 9.17) is 21.4 Å². The molecule has 0 aliphatic rings. The molecule has 19 heavy (non-hydrogen) atoms. The van der Waals surface area contributed by atoms with Crippen LogP contribution in [0.25, 0.3) is 22.2 Å². The smallest absolute Gasteiger partial charge is 0.268 e. The minimum atomic E-state index is 0.404. The summed E-state index contributed by atoms with van der Waals surface area (Å²) in [5.74, 6) is 0.880. The minimum absolute atomic E-state index is 0.404. The number of hydrogen-bond acceptors (Lipinski definition) is 5. The van der Waals surface area contributed by atoms with Crippen molar-refractivity contribution < 1.29 is 4.52 Å². The van der Waals surface area contributed by atoms with Crippen LogP contribution < -0.4 is 0 Å². The summed E-state index contributed by atoms with van der Waals surface area (Å²) in [5, 5.41) is 13.3. The Bertz CT molecular complexity index is 772. The summed E-state index contributed by atoms with van der Waals surface area (Å²) in [5.41, 5.74) is 0.791. The van der Waals surface area contributed by atoms with Crippen LogP contribution in [0.5, 0.6) is 0 Å². The van der Waals surface area contributed by atoms with Gasteiger partial charge >= 0.3 is 0 Å². The second-order valence-corrected chi connectivity index (χ2v) is 5.23. The van der Waals surface area contributed by atoms with Gasteiger partial charge in [0.05, 0.1) is 4.88 Å². The van der Waals surface area contributed by atoms with Crippen molar-refractivity contribution in [1.29, 1.82) is 5.26 Å². The summed E-state index contributed by atoms with van der Waals surface area (Å²) in [7, 11) is 0. The summed E-state index contributed by atoms with van der Waals surface area (Å²) < 4.78 is 5.20. The molecule has 0 aliphatic heterocycles. The second kappa shape index (κ2) is 4.84. The van der Waals surface area contributed by atoms with Crippen molar-refractivity contribution in [3.63, 3.8) is 0 Å². The lowest BCUT2D eigenvalue weighted by Gasteiger charge is -1.93. The first-order chi connectivity index (χ1) is 9.26. The molecule has 2 heterocycles. The molecule has 1 aromatic carbocycles. The van der Waals surface area contributed by atoms with E-state index in [-0.39, 0.29) is 0 Å². The zero-order valence-electron chi connectivity index (χ0n) is 9.50. The fourth-order valence-electron chi connectivity index (χ4n) is 1.58. The van der Waals surface area contributed by atoms with E-state index in [0.717, 1.165) is 10.4 Å². The van der Waals surface area contributed by atoms with Gasteiger partial charge in [0.15, 0.2) is 0 Å². The molecule has 0 fully saturated rings. The number of aromatic nitrogens is 2. The highest BCUT2D eigenvalue weighted by Gasteiger charge is 2.12. The van der Waals surface area contributed by atoms with Gasteiger partial charge in [-0.15, -0.1) is 11.3 Å². The molecule has 0 N–H and O–H groups in total. The summed E-state index contributed by atoms with van der Waals surface area (Å²) in [6.07, 6.45) is 0. The lowest BCUT2D eigenvalue weighted by atomic mass is 10.2. The van der Waals surface area contributed by atoms with Crippen LogP contribution in [0.1, 0.15) is 4.88 Å². The molecule has 4 nitrogen and oxygen atoms in total. The van der Waals surface area contributed by atoms with Crippen LogP contribution in [0.15, 0.2) is 40.9 Å². The summed E-state index contributed by atoms with van der Waals surface area (Å²) in [6, 6.07) is 12.8. The molecule has 0 saturated heterocycles. The molecule has 0 spiro atoms. The van der Waals surface area contributed by atoms with Crippen LogP contribution in [-0.4, -0.2) is 10.1 Å². The zero-order valence-corrected chi connectivity index (χ0v) is 11.1. The highest BCUT2D eigenvalue weighted by molar-refractivity contribution is 7.15. The summed E-state index contributed by atoms with van der Waals surface area (Å²) in [4.78, 5) is 5.69. The molecule has 3 rings (SSSR count). The van der Waals surface area contributed by atoms with E-state index in [1.165, 1.54) is 11.3 Å². The van der Waals surface area contributed by atoms with Crippen molar-refractivity contribution in [1.82, 2.24) is 10.1 Å². The van der Waals surface area contributed by atoms with E-state index in [1.54, 1.807) is 24.3 Å². The van der Waals surface area contributed by atoms with Crippen LogP contribution in [0, 0.1) is 11.3 Å². The lowest BCUT2D eigenvalue weighted by molar-refractivity contribution is 0.433. The molecule has 92 valence electrons. The molecule has 0 amide bonds. The summed E-state index contributed by atoms with van der Waals surface area (Å²) in [6.45, 7) is 0. The van der Waals surface area contributed by atoms with Gasteiger partial charge in [0, 0.05) is 10.6 Å². The van der Waals surface area contributed by atoms with Crippen LogP contribution >= 0.6 is 22.9 Å². The molecule has 0 saturated carbocycles. The first kappa shape index (κ1) is 11.9. The van der Waals surface area contributed by atoms with E-state index in [0.29, 0.717) is 21.6 Å². The highest BCUT2D eigenvalue weighted by Crippen LogP contribution is 2.28. The molecule has 0 bridgehead atoms. The maximum atomic E-state index is 8.79. The van der Waals surface area contributed by atoms with E-state index >= 15 is 0 Å². The Kier molecular flexibility index (Phi) is 3.03. The van der Waals surface area contributed by atoms with Gasteiger partial charge in [-0.2, -0.15) is 10.2 Å². The van der Waals surface area contributed by atoms with Crippen LogP contribution in [0.3, 0.4) is 0 Å². The van der Waals surface area contributed by atoms with Crippen molar-refractivity contribution in [2.24, 2.45) is 0 Å². The van der Waals surface area contributed by atoms with E-state index in [9.17, 15) is 0 Å². The van der Waals surface area contributed by atoms with Gasteiger partial charge in [0.2, 0.25) is 5.82 Å². The van der Waals surface area contributed by atoms with Gasteiger partial charge in [-0.3, -0.25) is 0 Å². The number of rotatable bonds is 2. The fourth-order valence-corrected chi connectivity index (χ4v) is 2.50. The third-order valence-electron chi connectivity index (χ3n) is 2.44. The van der Waals surface area contributed by atoms with Gasteiger partial charge in [-0.25, -0.2) is 0 Å². The van der Waals surface area contributed by atoms with Gasteiger partial charge in [-0.1, -0.05) is 28.9 Å². The zero-order chi connectivity index (χ0) is 13.2. The SMILES string of the molecule is N#Cc1ccc(-c2nc(-c3cccc(Cl)c3)no2)s1. The maximum Gasteiger partial charge on any atom is 0.268 e. The van der Waals surface area contributed by atoms with Crippen LogP contribution in [0.2, 0.25) is 5.02 Å². The molecule has 0 unspecified atom stereocenters. The quantitative estimate of drug-likeness (QED) is 0.715. The maximum absolute atomic E-state index is 8.79. The van der Waals surface area contributed by atoms with Crippen LogP contribution in [-0.2, 0) is 0 Å². The van der Waals surface area contributed by atoms with Crippen molar-refractivity contribution in [2.75, 3.05) is 0 Å². The Morgan fingerprint density at radius 2 is 2.16 bits per heavy atom. The topological polar surface area (TPSA) is 62.7 Å². The number of nitrogens with zero attached hydrogens (tertiary/aromatic N) is 3. The molecule has 6 heteroatoms. The predicted octanol–water partition coefficient (Wildman–Crippen LogP) is 3.99. The second-order valence-electron chi connectivity index (χ2n) is 3.71. The average Bonchev–Trinajstić information content (AvgIpc) is 3.07. The molecule has 3 aromatic rings. The van der Waals surface area contributed by atoms with Crippen molar-refractivity contribution in [3.05, 3.63) is 46.3 Å². The minimum Gasteiger partial charge on any atom is -0.333 e. The fraction of sp³-hybridized carbons (Fsp3) is 0. The first-order valence-electron chi connectivity index (χ1n) is 5.36. The summed E-state index contributed by atoms with van der Waals surface area (Å²) >= 11 is 7.23. The standard InChI is InChI=1S/C13H6ClN3OS/c14-9-3-1-2-8(6-9)12-16-13(18-17-12)11-5-4-10(7-15)19-11/h1-6H. The lowest BCUT2D eigenvalue weighted by Crippen LogP contribution is -1.80. The normalized spacial score (nSPS) is 10.3. The number of nitriles is 1. The Morgan fingerprint density at radius 1 is 1.26 bits per heavy atom. The Morgan fingerprint density at radius 3 is 2.89 bits per heavy atom. The molecule has 2 aromatic heterocycles. The monoisotopic (exact) mass is 287 g/mol. The molecule has 0 atom stereocenters. The van der Waals surface area contributed by atoms with Crippen molar-refractivity contribution in [2.45, 2.75) is 0 Å². The molecular formula is C13H6ClN3OS. The largest absolute Gasteiger partial charge is 0.333 e. The molecular weight excluding hydrogens is 282 g/mol. The average molecular weight is 288 g/mol. The number of hydrogen-bond donors (Lipinski definition) is 0. The van der Waals surface area contributed by atoms with E-state index < -0.39 is 0 Å². The third kappa shape index (κ3) is 2.36. The number of benzene rings is 1. The van der Waals surface area contributed by atoms with Gasteiger partial charge in [0.25, 0.3) is 5.89 Å². The van der Waals surface area contributed by atoms with Crippen LogP contribution in [0.4, 0.5) is 0 Å². The molecule has 0 aliphatic carbocycles. The Balaban J connectivity index is 1.97. The van der Waals surface area contributed by atoms with Gasteiger partial charge in [-0.05, 0) is 24.3 Å². The number of thiophene rings is 1. The molecule has 0 radical (unpaired) electrons. The van der Waals surface area contributed by atoms with E-state index in [2.05, 4.69) is 16.2 Å². The van der Waals surface area contributed by atoms with Gasteiger partial charge < -0.3 is 4.52 Å². The first-order valence-corrected chi connectivity index (χ1v) is 6.55.